The summed E-state index contributed by atoms with van der Waals surface area (Å²) in [7, 11) is -3.99. The molecule has 3 aromatic carbocycles. The van der Waals surface area contributed by atoms with E-state index in [-0.39, 0.29) is 4.90 Å². The Labute approximate surface area is 166 Å². The van der Waals surface area contributed by atoms with Gasteiger partial charge in [0.05, 0.1) is 5.69 Å². The molecular weight excluding hydrogens is 395 g/mol. The van der Waals surface area contributed by atoms with Crippen LogP contribution in [-0.4, -0.2) is 13.4 Å². The minimum Gasteiger partial charge on any atom is -0.280 e. The third-order valence-corrected chi connectivity index (χ3v) is 6.39. The van der Waals surface area contributed by atoms with Gasteiger partial charge in [-0.05, 0) is 24.3 Å². The number of thiazole rings is 1. The van der Waals surface area contributed by atoms with Crippen molar-refractivity contribution in [2.45, 2.75) is 4.90 Å². The second-order valence-electron chi connectivity index (χ2n) is 6.02. The Balaban J connectivity index is 1.55. The molecule has 0 radical (unpaired) electrons. The Bertz CT molecular complexity index is 1200. The van der Waals surface area contributed by atoms with E-state index >= 15 is 0 Å². The van der Waals surface area contributed by atoms with Crippen molar-refractivity contribution < 1.29 is 12.8 Å². The molecule has 0 bridgehead atoms. The van der Waals surface area contributed by atoms with Crippen LogP contribution >= 0.6 is 11.3 Å². The van der Waals surface area contributed by atoms with Gasteiger partial charge in [0.1, 0.15) is 15.7 Å². The van der Waals surface area contributed by atoms with Crippen molar-refractivity contribution in [3.63, 3.8) is 0 Å². The van der Waals surface area contributed by atoms with Gasteiger partial charge in [0.25, 0.3) is 10.0 Å². The van der Waals surface area contributed by atoms with Crippen LogP contribution in [0.25, 0.3) is 21.8 Å². The molecular formula is C21H15FN2O2S2. The summed E-state index contributed by atoms with van der Waals surface area (Å²) in [6.45, 7) is 0. The van der Waals surface area contributed by atoms with Gasteiger partial charge in [-0.25, -0.2) is 17.8 Å². The molecule has 0 aliphatic carbocycles. The summed E-state index contributed by atoms with van der Waals surface area (Å²) in [6.07, 6.45) is 0. The number of nitrogens with zero attached hydrogens (tertiary/aromatic N) is 1. The number of nitrogens with one attached hydrogen (secondary N) is 1. The van der Waals surface area contributed by atoms with Gasteiger partial charge in [0.15, 0.2) is 0 Å². The minimum atomic E-state index is -3.99. The molecule has 4 nitrogen and oxygen atoms in total. The van der Waals surface area contributed by atoms with Crippen molar-refractivity contribution in [2.24, 2.45) is 0 Å². The van der Waals surface area contributed by atoms with Crippen LogP contribution < -0.4 is 4.72 Å². The molecule has 0 spiro atoms. The quantitative estimate of drug-likeness (QED) is 0.478. The molecule has 0 aliphatic rings. The number of hydrogen-bond donors (Lipinski definition) is 1. The van der Waals surface area contributed by atoms with Crippen molar-refractivity contribution in [2.75, 3.05) is 4.72 Å². The smallest absolute Gasteiger partial charge is 0.264 e. The summed E-state index contributed by atoms with van der Waals surface area (Å²) in [4.78, 5) is 4.26. The summed E-state index contributed by atoms with van der Waals surface area (Å²) in [5.74, 6) is -0.789. The van der Waals surface area contributed by atoms with E-state index in [0.717, 1.165) is 27.9 Å². The van der Waals surface area contributed by atoms with Crippen LogP contribution in [0.15, 0.2) is 89.1 Å². The number of halogens is 1. The number of aromatic nitrogens is 1. The van der Waals surface area contributed by atoms with E-state index in [1.165, 1.54) is 18.2 Å². The van der Waals surface area contributed by atoms with Crippen LogP contribution in [0.5, 0.6) is 0 Å². The van der Waals surface area contributed by atoms with Gasteiger partial charge in [-0.2, -0.15) is 0 Å². The third-order valence-electron chi connectivity index (χ3n) is 4.08. The molecule has 0 fully saturated rings. The summed E-state index contributed by atoms with van der Waals surface area (Å²) in [5.41, 5.74) is 3.08. The summed E-state index contributed by atoms with van der Waals surface area (Å²) in [5, 5.41) is 2.88. The molecule has 0 atom stereocenters. The van der Waals surface area contributed by atoms with Gasteiger partial charge in [0, 0.05) is 22.2 Å². The highest BCUT2D eigenvalue weighted by Crippen LogP contribution is 2.29. The van der Waals surface area contributed by atoms with Gasteiger partial charge in [-0.15, -0.1) is 11.3 Å². The molecule has 28 heavy (non-hydrogen) atoms. The Hall–Kier alpha value is -3.03. The van der Waals surface area contributed by atoms with E-state index in [4.69, 9.17) is 0 Å². The van der Waals surface area contributed by atoms with Crippen molar-refractivity contribution in [3.8, 4) is 21.8 Å². The first kappa shape index (κ1) is 18.3. The zero-order chi connectivity index (χ0) is 19.6. The number of hydrogen-bond acceptors (Lipinski definition) is 4. The highest BCUT2D eigenvalue weighted by Gasteiger charge is 2.18. The first-order valence-corrected chi connectivity index (χ1v) is 10.8. The molecule has 1 heterocycles. The molecule has 0 unspecified atom stereocenters. The highest BCUT2D eigenvalue weighted by molar-refractivity contribution is 7.92. The summed E-state index contributed by atoms with van der Waals surface area (Å²) in [6, 6.07) is 22.0. The van der Waals surface area contributed by atoms with E-state index in [9.17, 15) is 12.8 Å². The molecule has 0 amide bonds. The lowest BCUT2D eigenvalue weighted by molar-refractivity contribution is 0.570. The minimum absolute atomic E-state index is 0.352. The van der Waals surface area contributed by atoms with Gasteiger partial charge in [0.2, 0.25) is 0 Å². The number of rotatable bonds is 5. The van der Waals surface area contributed by atoms with E-state index in [1.54, 1.807) is 35.6 Å². The largest absolute Gasteiger partial charge is 0.280 e. The highest BCUT2D eigenvalue weighted by atomic mass is 32.2. The van der Waals surface area contributed by atoms with Crippen molar-refractivity contribution >= 4 is 27.0 Å². The molecule has 1 aromatic heterocycles. The first-order chi connectivity index (χ1) is 13.5. The van der Waals surface area contributed by atoms with Gasteiger partial charge < -0.3 is 0 Å². The lowest BCUT2D eigenvalue weighted by Gasteiger charge is -2.09. The van der Waals surface area contributed by atoms with Crippen LogP contribution in [0.2, 0.25) is 0 Å². The predicted molar refractivity (Wildman–Crippen MR) is 110 cm³/mol. The van der Waals surface area contributed by atoms with Crippen molar-refractivity contribution in [3.05, 3.63) is 90.1 Å². The second-order valence-corrected chi connectivity index (χ2v) is 8.53. The summed E-state index contributed by atoms with van der Waals surface area (Å²) >= 11 is 1.55. The van der Waals surface area contributed by atoms with Crippen LogP contribution in [0.4, 0.5) is 10.1 Å². The molecule has 0 saturated carbocycles. The monoisotopic (exact) mass is 410 g/mol. The van der Waals surface area contributed by atoms with E-state index in [2.05, 4.69) is 9.71 Å². The topological polar surface area (TPSA) is 59.1 Å². The van der Waals surface area contributed by atoms with Crippen molar-refractivity contribution in [1.82, 2.24) is 4.98 Å². The van der Waals surface area contributed by atoms with Gasteiger partial charge >= 0.3 is 0 Å². The zero-order valence-corrected chi connectivity index (χ0v) is 16.2. The number of benzene rings is 3. The fourth-order valence-corrected chi connectivity index (χ4v) is 4.68. The van der Waals surface area contributed by atoms with Crippen molar-refractivity contribution in [1.29, 1.82) is 0 Å². The lowest BCUT2D eigenvalue weighted by atomic mass is 10.1. The Morgan fingerprint density at radius 3 is 2.21 bits per heavy atom. The Morgan fingerprint density at radius 1 is 0.821 bits per heavy atom. The lowest BCUT2D eigenvalue weighted by Crippen LogP contribution is -2.14. The number of anilines is 1. The predicted octanol–water partition coefficient (Wildman–Crippen LogP) is 5.42. The zero-order valence-electron chi connectivity index (χ0n) is 14.5. The Morgan fingerprint density at radius 2 is 1.50 bits per heavy atom. The standard InChI is InChI=1S/C21H15FN2O2S2/c22-18-8-4-5-9-20(18)28(25,26)24-17-12-10-15(11-13-17)19-14-27-21(23-19)16-6-2-1-3-7-16/h1-14,24H. The molecule has 1 N–H and O–H groups in total. The maximum absolute atomic E-state index is 13.8. The van der Waals surface area contributed by atoms with E-state index in [0.29, 0.717) is 5.69 Å². The number of sulfonamides is 1. The molecule has 4 aromatic rings. The average Bonchev–Trinajstić information content (AvgIpc) is 3.19. The van der Waals surface area contributed by atoms with Crippen LogP contribution in [-0.2, 0) is 10.0 Å². The average molecular weight is 410 g/mol. The van der Waals surface area contributed by atoms with Crippen LogP contribution in [0.1, 0.15) is 0 Å². The molecule has 140 valence electrons. The maximum atomic E-state index is 13.8. The van der Waals surface area contributed by atoms with Gasteiger partial charge in [-0.1, -0.05) is 54.6 Å². The molecule has 4 rings (SSSR count). The SMILES string of the molecule is O=S(=O)(Nc1ccc(-c2csc(-c3ccccc3)n2)cc1)c1ccccc1F. The Kier molecular flexibility index (Phi) is 4.93. The fraction of sp³-hybridized carbons (Fsp3) is 0. The van der Waals surface area contributed by atoms with Crippen LogP contribution in [0.3, 0.4) is 0 Å². The molecule has 0 saturated heterocycles. The van der Waals surface area contributed by atoms with Gasteiger partial charge in [-0.3, -0.25) is 4.72 Å². The molecule has 0 aliphatic heterocycles. The second kappa shape index (κ2) is 7.53. The first-order valence-electron chi connectivity index (χ1n) is 8.42. The fourth-order valence-electron chi connectivity index (χ4n) is 2.70. The molecule has 7 heteroatoms. The third kappa shape index (κ3) is 3.81. The van der Waals surface area contributed by atoms with Crippen LogP contribution in [0, 0.1) is 5.82 Å². The summed E-state index contributed by atoms with van der Waals surface area (Å²) < 4.78 is 40.9. The maximum Gasteiger partial charge on any atom is 0.264 e. The normalized spacial score (nSPS) is 11.3. The van der Waals surface area contributed by atoms with E-state index in [1.807, 2.05) is 35.7 Å². The van der Waals surface area contributed by atoms with E-state index < -0.39 is 15.8 Å².